The zero-order valence-electron chi connectivity index (χ0n) is 12.9. The first-order valence-electron chi connectivity index (χ1n) is 6.73. The van der Waals surface area contributed by atoms with E-state index in [0.717, 1.165) is 0 Å². The third-order valence-electron chi connectivity index (χ3n) is 2.58. The summed E-state index contributed by atoms with van der Waals surface area (Å²) in [7, 11) is 3.28. The van der Waals surface area contributed by atoms with Crippen LogP contribution in [0.25, 0.3) is 0 Å². The first-order valence-corrected chi connectivity index (χ1v) is 6.73. The number of nitrogens with two attached hydrogens (primary N) is 1. The Balaban J connectivity index is 2.82. The van der Waals surface area contributed by atoms with E-state index in [1.165, 1.54) is 24.3 Å². The molecule has 0 saturated carbocycles. The summed E-state index contributed by atoms with van der Waals surface area (Å²) in [6.45, 7) is 2.22. The lowest BCUT2D eigenvalue weighted by Gasteiger charge is -2.14. The van der Waals surface area contributed by atoms with Gasteiger partial charge in [-0.1, -0.05) is 0 Å². The second-order valence-corrected chi connectivity index (χ2v) is 4.63. The van der Waals surface area contributed by atoms with Gasteiger partial charge in [0, 0.05) is 32.5 Å². The molecular formula is C15H22N3O4+. The summed E-state index contributed by atoms with van der Waals surface area (Å²) in [5, 5.41) is 20.6. The van der Waals surface area contributed by atoms with E-state index in [4.69, 9.17) is 14.9 Å². The molecule has 0 aliphatic rings. The zero-order chi connectivity index (χ0) is 16.5. The molecular weight excluding hydrogens is 286 g/mol. The molecule has 0 spiro atoms. The average Bonchev–Trinajstić information content (AvgIpc) is 2.44. The standard InChI is InChI=1S/C15H21N3O4/c1-10(9-21-3)22-13-7-11(6-12(19)8-13)15(20)18-14(16)4-5-17-2/h4-8,10,17,19H,9H2,1-3H3,(H2,16,18,20)/p+1/b5-4-/t10-/m1/s1. The van der Waals surface area contributed by atoms with Crippen molar-refractivity contribution in [3.8, 4) is 11.5 Å². The maximum atomic E-state index is 12.1. The number of ether oxygens (including phenoxy) is 2. The van der Waals surface area contributed by atoms with Crippen molar-refractivity contribution in [3.05, 3.63) is 36.0 Å². The van der Waals surface area contributed by atoms with Crippen molar-refractivity contribution in [3.63, 3.8) is 0 Å². The van der Waals surface area contributed by atoms with Gasteiger partial charge >= 0.3 is 5.91 Å². The van der Waals surface area contributed by atoms with Crippen LogP contribution in [0.15, 0.2) is 30.5 Å². The lowest BCUT2D eigenvalue weighted by atomic mass is 10.2. The van der Waals surface area contributed by atoms with Crippen LogP contribution in [0.3, 0.4) is 0 Å². The third kappa shape index (κ3) is 5.84. The van der Waals surface area contributed by atoms with Crippen LogP contribution in [0.1, 0.15) is 17.3 Å². The Morgan fingerprint density at radius 2 is 2.18 bits per heavy atom. The molecule has 7 heteroatoms. The number of phenolic OH excluding ortho intramolecular Hbond substituents is 1. The Morgan fingerprint density at radius 3 is 2.82 bits per heavy atom. The van der Waals surface area contributed by atoms with E-state index in [2.05, 4.69) is 10.6 Å². The number of amides is 1. The fraction of sp³-hybridized carbons (Fsp3) is 0.333. The second kappa shape index (κ2) is 8.68. The molecule has 1 aromatic carbocycles. The number of benzene rings is 1. The highest BCUT2D eigenvalue weighted by Gasteiger charge is 2.16. The smallest absolute Gasteiger partial charge is 0.339 e. The molecule has 0 fully saturated rings. The first kappa shape index (κ1) is 17.5. The van der Waals surface area contributed by atoms with E-state index in [1.54, 1.807) is 20.4 Å². The van der Waals surface area contributed by atoms with Gasteiger partial charge in [-0.05, 0) is 19.1 Å². The van der Waals surface area contributed by atoms with Crippen LogP contribution in [0, 0.1) is 0 Å². The van der Waals surface area contributed by atoms with Crippen LogP contribution in [0.2, 0.25) is 0 Å². The van der Waals surface area contributed by atoms with Crippen molar-refractivity contribution in [2.75, 3.05) is 20.8 Å². The summed E-state index contributed by atoms with van der Waals surface area (Å²) in [5.74, 6) is 0.0342. The van der Waals surface area contributed by atoms with Gasteiger partial charge in [-0.3, -0.25) is 5.41 Å². The Bertz CT molecular complexity index is 558. The van der Waals surface area contributed by atoms with Crippen molar-refractivity contribution in [1.29, 1.82) is 0 Å². The predicted octanol–water partition coefficient (Wildman–Crippen LogP) is -0.574. The van der Waals surface area contributed by atoms with Gasteiger partial charge in [-0.15, -0.1) is 0 Å². The van der Waals surface area contributed by atoms with Crippen molar-refractivity contribution in [2.24, 2.45) is 0 Å². The average molecular weight is 308 g/mol. The molecule has 0 aliphatic heterocycles. The molecule has 1 amide bonds. The summed E-state index contributed by atoms with van der Waals surface area (Å²) in [5.41, 5.74) is 0.237. The molecule has 7 nitrogen and oxygen atoms in total. The zero-order valence-corrected chi connectivity index (χ0v) is 12.9. The molecule has 1 atom stereocenters. The number of hydrogen-bond donors (Lipinski definition) is 4. The SMILES string of the molecule is CN/C=C\C(=[NH2+])NC(=O)c1cc(O)cc(O[C@H](C)COC)c1. The summed E-state index contributed by atoms with van der Waals surface area (Å²) in [4.78, 5) is 12.1. The number of rotatable bonds is 7. The quantitative estimate of drug-likeness (QED) is 0.399. The van der Waals surface area contributed by atoms with Gasteiger partial charge in [0.05, 0.1) is 12.2 Å². The minimum atomic E-state index is -0.446. The molecule has 0 bridgehead atoms. The molecule has 22 heavy (non-hydrogen) atoms. The minimum absolute atomic E-state index is 0.0726. The highest BCUT2D eigenvalue weighted by Crippen LogP contribution is 2.22. The topological polar surface area (TPSA) is 105 Å². The fourth-order valence-corrected chi connectivity index (χ4v) is 1.70. The van der Waals surface area contributed by atoms with E-state index >= 15 is 0 Å². The molecule has 0 saturated heterocycles. The van der Waals surface area contributed by atoms with Crippen LogP contribution in [-0.4, -0.2) is 43.7 Å². The molecule has 5 N–H and O–H groups in total. The Hall–Kier alpha value is -2.54. The Morgan fingerprint density at radius 1 is 1.45 bits per heavy atom. The largest absolute Gasteiger partial charge is 0.508 e. The number of carbonyl (C=O) groups excluding carboxylic acids is 1. The fourth-order valence-electron chi connectivity index (χ4n) is 1.70. The van der Waals surface area contributed by atoms with Gasteiger partial charge in [-0.2, -0.15) is 0 Å². The van der Waals surface area contributed by atoms with E-state index in [9.17, 15) is 9.90 Å². The highest BCUT2D eigenvalue weighted by molar-refractivity contribution is 6.08. The summed E-state index contributed by atoms with van der Waals surface area (Å²) in [6, 6.07) is 4.28. The number of hydrogen-bond acceptors (Lipinski definition) is 5. The van der Waals surface area contributed by atoms with Crippen molar-refractivity contribution in [1.82, 2.24) is 10.6 Å². The van der Waals surface area contributed by atoms with Crippen LogP contribution in [0.5, 0.6) is 11.5 Å². The second-order valence-electron chi connectivity index (χ2n) is 4.63. The monoisotopic (exact) mass is 308 g/mol. The highest BCUT2D eigenvalue weighted by atomic mass is 16.5. The minimum Gasteiger partial charge on any atom is -0.508 e. The van der Waals surface area contributed by atoms with Crippen LogP contribution in [-0.2, 0) is 4.74 Å². The molecule has 0 unspecified atom stereocenters. The first-order chi connectivity index (χ1) is 10.5. The normalized spacial score (nSPS) is 12.0. The van der Waals surface area contributed by atoms with Gasteiger partial charge < -0.3 is 19.9 Å². The number of methoxy groups -OCH3 is 1. The van der Waals surface area contributed by atoms with E-state index < -0.39 is 5.91 Å². The number of carbonyl (C=O) groups is 1. The van der Waals surface area contributed by atoms with Gasteiger partial charge in [0.2, 0.25) is 0 Å². The van der Waals surface area contributed by atoms with E-state index in [0.29, 0.717) is 12.4 Å². The van der Waals surface area contributed by atoms with Crippen LogP contribution in [0.4, 0.5) is 0 Å². The van der Waals surface area contributed by atoms with E-state index in [1.807, 2.05) is 6.92 Å². The Labute approximate surface area is 129 Å². The number of nitrogens with one attached hydrogen (secondary N) is 2. The maximum Gasteiger partial charge on any atom is 0.339 e. The molecule has 0 aliphatic carbocycles. The molecule has 0 radical (unpaired) electrons. The van der Waals surface area contributed by atoms with Gasteiger partial charge in [0.25, 0.3) is 5.84 Å². The number of amidine groups is 1. The maximum absolute atomic E-state index is 12.1. The summed E-state index contributed by atoms with van der Waals surface area (Å²) >= 11 is 0. The van der Waals surface area contributed by atoms with Crippen LogP contribution >= 0.6 is 0 Å². The number of phenols is 1. The van der Waals surface area contributed by atoms with Crippen molar-refractivity contribution < 1.29 is 24.8 Å². The van der Waals surface area contributed by atoms with Gasteiger partial charge in [0.1, 0.15) is 17.6 Å². The molecule has 0 aromatic heterocycles. The molecule has 1 rings (SSSR count). The lowest BCUT2D eigenvalue weighted by molar-refractivity contribution is -0.115. The molecule has 1 aromatic rings. The molecule has 0 heterocycles. The van der Waals surface area contributed by atoms with Gasteiger partial charge in [0.15, 0.2) is 0 Å². The van der Waals surface area contributed by atoms with E-state index in [-0.39, 0.29) is 23.3 Å². The van der Waals surface area contributed by atoms with Crippen molar-refractivity contribution in [2.45, 2.75) is 13.0 Å². The Kier molecular flexibility index (Phi) is 6.91. The number of aromatic hydroxyl groups is 1. The lowest BCUT2D eigenvalue weighted by Crippen LogP contribution is -2.49. The summed E-state index contributed by atoms with van der Waals surface area (Å²) < 4.78 is 10.5. The third-order valence-corrected chi connectivity index (χ3v) is 2.58. The molecule has 120 valence electrons. The van der Waals surface area contributed by atoms with Crippen molar-refractivity contribution >= 4 is 11.7 Å². The predicted molar refractivity (Wildman–Crippen MR) is 82.7 cm³/mol. The summed E-state index contributed by atoms with van der Waals surface area (Å²) in [6.07, 6.45) is 2.88. The van der Waals surface area contributed by atoms with Crippen LogP contribution < -0.4 is 20.8 Å². The van der Waals surface area contributed by atoms with Gasteiger partial charge in [-0.25, -0.2) is 10.1 Å².